The van der Waals surface area contributed by atoms with Crippen molar-refractivity contribution < 1.29 is 24.2 Å². The molecule has 0 radical (unpaired) electrons. The number of carbonyl (C=O) groups is 3. The van der Waals surface area contributed by atoms with Crippen LogP contribution in [0, 0.1) is 0 Å². The number of carbonyl (C=O) groups excluding carboxylic acids is 2. The van der Waals surface area contributed by atoms with Gasteiger partial charge in [-0.3, -0.25) is 9.69 Å². The predicted molar refractivity (Wildman–Crippen MR) is 151 cm³/mol. The molecule has 3 N–H and O–H groups in total. The summed E-state index contributed by atoms with van der Waals surface area (Å²) < 4.78 is 7.05. The van der Waals surface area contributed by atoms with Gasteiger partial charge in [0.25, 0.3) is 5.91 Å². The van der Waals surface area contributed by atoms with Crippen LogP contribution in [0.5, 0.6) is 0 Å². The highest BCUT2D eigenvalue weighted by Gasteiger charge is 2.36. The van der Waals surface area contributed by atoms with Crippen molar-refractivity contribution in [1.82, 2.24) is 19.5 Å². The number of piperidine rings is 1. The molecule has 1 atom stereocenters. The summed E-state index contributed by atoms with van der Waals surface area (Å²) in [5.74, 6) is -0.640. The van der Waals surface area contributed by atoms with Crippen molar-refractivity contribution >= 4 is 23.8 Å². The molecule has 11 heteroatoms. The average molecular weight is 549 g/mol. The van der Waals surface area contributed by atoms with Gasteiger partial charge in [-0.15, -0.1) is 0 Å². The maximum atomic E-state index is 13.0. The Labute approximate surface area is 233 Å². The number of benzene rings is 1. The van der Waals surface area contributed by atoms with Crippen LogP contribution in [0.15, 0.2) is 42.6 Å². The molecular formula is C29H36N6O5. The molecule has 3 aromatic rings. The van der Waals surface area contributed by atoms with Crippen molar-refractivity contribution in [2.45, 2.75) is 65.0 Å². The van der Waals surface area contributed by atoms with Gasteiger partial charge in [0.2, 0.25) is 0 Å². The van der Waals surface area contributed by atoms with E-state index in [1.54, 1.807) is 42.4 Å². The maximum Gasteiger partial charge on any atom is 0.410 e. The van der Waals surface area contributed by atoms with Crippen molar-refractivity contribution in [3.05, 3.63) is 65.2 Å². The Hall–Kier alpha value is -4.41. The van der Waals surface area contributed by atoms with E-state index in [-0.39, 0.29) is 17.3 Å². The lowest BCUT2D eigenvalue weighted by molar-refractivity contribution is 0.00817. The smallest absolute Gasteiger partial charge is 0.410 e. The number of likely N-dealkylation sites (tertiary alicyclic amines) is 1. The number of carboxylic acid groups (broad SMARTS) is 1. The lowest BCUT2D eigenvalue weighted by Gasteiger charge is -2.36. The molecule has 1 aliphatic rings. The normalized spacial score (nSPS) is 15.4. The van der Waals surface area contributed by atoms with Crippen LogP contribution in [0.25, 0.3) is 11.3 Å². The van der Waals surface area contributed by atoms with Gasteiger partial charge in [0.1, 0.15) is 17.1 Å². The number of nitrogens with one attached hydrogen (secondary N) is 2. The number of aromatic nitrogens is 3. The zero-order valence-electron chi connectivity index (χ0n) is 23.5. The molecule has 212 valence electrons. The van der Waals surface area contributed by atoms with Crippen LogP contribution in [0.4, 0.5) is 10.6 Å². The fourth-order valence-corrected chi connectivity index (χ4v) is 4.76. The van der Waals surface area contributed by atoms with Crippen LogP contribution in [-0.4, -0.2) is 61.8 Å². The molecule has 2 amide bonds. The number of pyridine rings is 1. The molecule has 0 spiro atoms. The first-order valence-electron chi connectivity index (χ1n) is 13.4. The average Bonchev–Trinajstić information content (AvgIpc) is 3.32. The second kappa shape index (κ2) is 11.8. The molecule has 40 heavy (non-hydrogen) atoms. The zero-order chi connectivity index (χ0) is 29.0. The van der Waals surface area contributed by atoms with E-state index in [1.807, 2.05) is 39.8 Å². The van der Waals surface area contributed by atoms with E-state index in [0.29, 0.717) is 35.7 Å². The second-order valence-corrected chi connectivity index (χ2v) is 10.7. The third-order valence-corrected chi connectivity index (χ3v) is 6.65. The van der Waals surface area contributed by atoms with E-state index in [4.69, 9.17) is 9.72 Å². The highest BCUT2D eigenvalue weighted by Crippen LogP contribution is 2.35. The van der Waals surface area contributed by atoms with Crippen molar-refractivity contribution in [2.75, 3.05) is 24.3 Å². The van der Waals surface area contributed by atoms with E-state index in [9.17, 15) is 19.5 Å². The van der Waals surface area contributed by atoms with E-state index in [1.165, 1.54) is 4.68 Å². The van der Waals surface area contributed by atoms with Gasteiger partial charge in [-0.1, -0.05) is 19.1 Å². The van der Waals surface area contributed by atoms with Gasteiger partial charge in [0, 0.05) is 30.9 Å². The predicted octanol–water partition coefficient (Wildman–Crippen LogP) is 5.09. The first-order chi connectivity index (χ1) is 19.0. The molecule has 1 fully saturated rings. The number of imidazole rings is 1. The molecule has 1 aromatic carbocycles. The highest BCUT2D eigenvalue weighted by atomic mass is 16.6. The lowest BCUT2D eigenvalue weighted by Crippen LogP contribution is -2.43. The zero-order valence-corrected chi connectivity index (χ0v) is 23.5. The largest absolute Gasteiger partial charge is 0.476 e. The molecule has 1 unspecified atom stereocenters. The van der Waals surface area contributed by atoms with Gasteiger partial charge in [-0.2, -0.15) is 0 Å². The number of hydrogen-bond donors (Lipinski definition) is 3. The SMILES string of the molecule is CCc1ccnc(NC(=O)c2ccc(-c3nc(C4CCCCN4C(=O)OC(C)(C)C)n(NC)c3C(=O)O)cc2)c1. The second-order valence-electron chi connectivity index (χ2n) is 10.7. The molecule has 0 saturated carbocycles. The van der Waals surface area contributed by atoms with E-state index >= 15 is 0 Å². The minimum Gasteiger partial charge on any atom is -0.476 e. The van der Waals surface area contributed by atoms with Crippen LogP contribution in [0.1, 0.15) is 85.2 Å². The van der Waals surface area contributed by atoms with Crippen LogP contribution < -0.4 is 10.7 Å². The number of hydrogen-bond acceptors (Lipinski definition) is 7. The Morgan fingerprint density at radius 3 is 2.48 bits per heavy atom. The van der Waals surface area contributed by atoms with E-state index in [0.717, 1.165) is 24.8 Å². The number of aromatic carboxylic acids is 1. The minimum absolute atomic E-state index is 0.0648. The standard InChI is InChI=1S/C29H36N6O5/c1-6-18-14-15-31-22(17-18)32-26(36)20-12-10-19(11-13-20)23-24(27(37)38)35(30-5)25(33-23)21-9-7-8-16-34(21)28(39)40-29(2,3)4/h10-15,17,21,30H,6-9,16H2,1-5H3,(H,37,38)(H,31,32,36). The summed E-state index contributed by atoms with van der Waals surface area (Å²) in [4.78, 5) is 48.9. The molecule has 2 aromatic heterocycles. The summed E-state index contributed by atoms with van der Waals surface area (Å²) in [6, 6.07) is 9.80. The fraction of sp³-hybridized carbons (Fsp3) is 0.414. The molecule has 11 nitrogen and oxygen atoms in total. The first kappa shape index (κ1) is 28.6. The Morgan fingerprint density at radius 1 is 1.12 bits per heavy atom. The summed E-state index contributed by atoms with van der Waals surface area (Å²) in [6.45, 7) is 7.92. The lowest BCUT2D eigenvalue weighted by atomic mass is 10.0. The summed E-state index contributed by atoms with van der Waals surface area (Å²) in [7, 11) is 1.61. The Balaban J connectivity index is 1.66. The van der Waals surface area contributed by atoms with Gasteiger partial charge in [-0.25, -0.2) is 24.2 Å². The van der Waals surface area contributed by atoms with Crippen LogP contribution in [0.3, 0.4) is 0 Å². The molecule has 3 heterocycles. The summed E-state index contributed by atoms with van der Waals surface area (Å²) in [5, 5.41) is 12.9. The Kier molecular flexibility index (Phi) is 8.41. The molecule has 1 saturated heterocycles. The maximum absolute atomic E-state index is 13.0. The molecule has 0 aliphatic carbocycles. The van der Waals surface area contributed by atoms with Gasteiger partial charge in [0.05, 0.1) is 6.04 Å². The number of nitrogens with zero attached hydrogens (tertiary/aromatic N) is 4. The number of anilines is 1. The van der Waals surface area contributed by atoms with Crippen molar-refractivity contribution in [2.24, 2.45) is 0 Å². The summed E-state index contributed by atoms with van der Waals surface area (Å²) >= 11 is 0. The number of aryl methyl sites for hydroxylation is 1. The number of carboxylic acids is 1. The van der Waals surface area contributed by atoms with Crippen LogP contribution in [-0.2, 0) is 11.2 Å². The molecule has 0 bridgehead atoms. The molecule has 4 rings (SSSR count). The molecular weight excluding hydrogens is 512 g/mol. The topological polar surface area (TPSA) is 139 Å². The van der Waals surface area contributed by atoms with Crippen LogP contribution in [0.2, 0.25) is 0 Å². The summed E-state index contributed by atoms with van der Waals surface area (Å²) in [6.07, 6.45) is 4.30. The Morgan fingerprint density at radius 2 is 1.85 bits per heavy atom. The van der Waals surface area contributed by atoms with Crippen LogP contribution >= 0.6 is 0 Å². The Bertz CT molecular complexity index is 1390. The molecule has 1 aliphatic heterocycles. The van der Waals surface area contributed by atoms with Crippen molar-refractivity contribution in [3.8, 4) is 11.3 Å². The number of ether oxygens (including phenoxy) is 1. The highest BCUT2D eigenvalue weighted by molar-refractivity contribution is 6.04. The van der Waals surface area contributed by atoms with Crippen molar-refractivity contribution in [3.63, 3.8) is 0 Å². The third kappa shape index (κ3) is 6.24. The van der Waals surface area contributed by atoms with Crippen molar-refractivity contribution in [1.29, 1.82) is 0 Å². The van der Waals surface area contributed by atoms with E-state index in [2.05, 4.69) is 15.7 Å². The number of amides is 2. The number of rotatable bonds is 7. The minimum atomic E-state index is -1.17. The van der Waals surface area contributed by atoms with Gasteiger partial charge < -0.3 is 20.6 Å². The van der Waals surface area contributed by atoms with E-state index < -0.39 is 23.7 Å². The van der Waals surface area contributed by atoms with Gasteiger partial charge >= 0.3 is 12.1 Å². The monoisotopic (exact) mass is 548 g/mol. The van der Waals surface area contributed by atoms with Gasteiger partial charge in [-0.05, 0) is 76.3 Å². The fourth-order valence-electron chi connectivity index (χ4n) is 4.76. The first-order valence-corrected chi connectivity index (χ1v) is 13.4. The summed E-state index contributed by atoms with van der Waals surface area (Å²) in [5.41, 5.74) is 4.40. The van der Waals surface area contributed by atoms with Gasteiger partial charge in [0.15, 0.2) is 11.5 Å². The quantitative estimate of drug-likeness (QED) is 0.371. The third-order valence-electron chi connectivity index (χ3n) is 6.65.